The molecular weight excluding hydrogens is 162 g/mol. The summed E-state index contributed by atoms with van der Waals surface area (Å²) in [5, 5.41) is 7.44. The van der Waals surface area contributed by atoms with Crippen molar-refractivity contribution in [3.8, 4) is 0 Å². The maximum Gasteiger partial charge on any atom is 0.0546 e. The molecule has 11 heavy (non-hydrogen) atoms. The maximum absolute atomic E-state index is 5.90. The first-order valence-electron chi connectivity index (χ1n) is 3.37. The molecule has 0 spiro atoms. The molecule has 1 aliphatic rings. The van der Waals surface area contributed by atoms with Crippen LogP contribution < -0.4 is 5.73 Å². The third kappa shape index (κ3) is 1.49. The number of nitrogens with two attached hydrogens (primary N) is 1. The number of hydrogen-bond donors (Lipinski definition) is 1. The van der Waals surface area contributed by atoms with E-state index in [0.29, 0.717) is 0 Å². The van der Waals surface area contributed by atoms with Gasteiger partial charge in [0.25, 0.3) is 0 Å². The number of aromatic nitrogens is 2. The Labute approximate surface area is 71.4 Å². The molecule has 1 fully saturated rings. The van der Waals surface area contributed by atoms with Crippen molar-refractivity contribution in [2.75, 3.05) is 0 Å². The molecule has 1 heterocycles. The van der Waals surface area contributed by atoms with E-state index in [1.54, 1.807) is 12.4 Å². The Bertz CT molecular complexity index is 233. The Balaban J connectivity index is 0.000000605. The predicted octanol–water partition coefficient (Wildman–Crippen LogP) is 0.846. The molecule has 0 atom stereocenters. The first-order chi connectivity index (χ1) is 4.81. The van der Waals surface area contributed by atoms with Gasteiger partial charge in [-0.25, -0.2) is 0 Å². The van der Waals surface area contributed by atoms with Crippen LogP contribution in [-0.4, -0.2) is 10.2 Å². The molecule has 0 amide bonds. The molecule has 1 aromatic rings. The molecular formula is C7H10ClN3. The second-order valence-corrected chi connectivity index (χ2v) is 2.79. The lowest BCUT2D eigenvalue weighted by Crippen LogP contribution is -2.18. The molecule has 0 aliphatic heterocycles. The van der Waals surface area contributed by atoms with E-state index in [9.17, 15) is 0 Å². The van der Waals surface area contributed by atoms with E-state index in [4.69, 9.17) is 5.73 Å². The van der Waals surface area contributed by atoms with Crippen molar-refractivity contribution in [2.45, 2.75) is 18.4 Å². The molecule has 60 valence electrons. The van der Waals surface area contributed by atoms with Crippen LogP contribution in [0.15, 0.2) is 18.5 Å². The van der Waals surface area contributed by atoms with Crippen LogP contribution in [-0.2, 0) is 5.54 Å². The van der Waals surface area contributed by atoms with E-state index < -0.39 is 0 Å². The average molecular weight is 172 g/mol. The molecule has 1 saturated carbocycles. The minimum atomic E-state index is -0.0596. The van der Waals surface area contributed by atoms with E-state index in [1.165, 1.54) is 0 Å². The zero-order chi connectivity index (χ0) is 7.03. The molecule has 1 aromatic heterocycles. The fourth-order valence-electron chi connectivity index (χ4n) is 1.01. The van der Waals surface area contributed by atoms with Crippen LogP contribution in [0.1, 0.15) is 18.4 Å². The van der Waals surface area contributed by atoms with Crippen LogP contribution in [0.25, 0.3) is 0 Å². The molecule has 3 nitrogen and oxygen atoms in total. The Hall–Kier alpha value is -0.670. The van der Waals surface area contributed by atoms with E-state index in [1.807, 2.05) is 6.07 Å². The largest absolute Gasteiger partial charge is 0.321 e. The number of halogens is 1. The molecule has 0 radical (unpaired) electrons. The van der Waals surface area contributed by atoms with Gasteiger partial charge in [0, 0.05) is 11.7 Å². The normalized spacial score (nSPS) is 18.6. The van der Waals surface area contributed by atoms with Crippen molar-refractivity contribution >= 4 is 12.4 Å². The molecule has 0 saturated heterocycles. The van der Waals surface area contributed by atoms with Crippen molar-refractivity contribution in [3.63, 3.8) is 0 Å². The van der Waals surface area contributed by atoms with Crippen LogP contribution in [0.4, 0.5) is 0 Å². The summed E-state index contributed by atoms with van der Waals surface area (Å²) in [6.45, 7) is 0. The molecule has 2 rings (SSSR count). The fourth-order valence-corrected chi connectivity index (χ4v) is 1.01. The van der Waals surface area contributed by atoms with Gasteiger partial charge in [-0.1, -0.05) is 0 Å². The number of nitrogens with zero attached hydrogens (tertiary/aromatic N) is 2. The van der Waals surface area contributed by atoms with E-state index in [-0.39, 0.29) is 17.9 Å². The zero-order valence-corrected chi connectivity index (χ0v) is 6.84. The summed E-state index contributed by atoms with van der Waals surface area (Å²) in [7, 11) is 0. The topological polar surface area (TPSA) is 51.8 Å². The van der Waals surface area contributed by atoms with Crippen molar-refractivity contribution in [1.82, 2.24) is 10.2 Å². The van der Waals surface area contributed by atoms with E-state index in [2.05, 4.69) is 10.2 Å². The monoisotopic (exact) mass is 171 g/mol. The van der Waals surface area contributed by atoms with Crippen LogP contribution in [0.5, 0.6) is 0 Å². The summed E-state index contributed by atoms with van der Waals surface area (Å²) in [6, 6.07) is 1.93. The molecule has 0 bridgehead atoms. The van der Waals surface area contributed by atoms with Crippen molar-refractivity contribution in [3.05, 3.63) is 24.0 Å². The van der Waals surface area contributed by atoms with Gasteiger partial charge in [0.15, 0.2) is 0 Å². The molecule has 0 aromatic carbocycles. The lowest BCUT2D eigenvalue weighted by Gasteiger charge is -2.05. The predicted molar refractivity (Wildman–Crippen MR) is 44.4 cm³/mol. The summed E-state index contributed by atoms with van der Waals surface area (Å²) in [4.78, 5) is 0. The van der Waals surface area contributed by atoms with Crippen LogP contribution >= 0.6 is 12.4 Å². The third-order valence-electron chi connectivity index (χ3n) is 1.95. The molecule has 0 unspecified atom stereocenters. The van der Waals surface area contributed by atoms with E-state index in [0.717, 1.165) is 18.4 Å². The van der Waals surface area contributed by atoms with Gasteiger partial charge in [-0.05, 0) is 24.5 Å². The lowest BCUT2D eigenvalue weighted by molar-refractivity contribution is 0.728. The number of hydrogen-bond acceptors (Lipinski definition) is 3. The molecule has 2 N–H and O–H groups in total. The second kappa shape index (κ2) is 2.75. The van der Waals surface area contributed by atoms with Crippen molar-refractivity contribution in [1.29, 1.82) is 0 Å². The Morgan fingerprint density at radius 2 is 2.09 bits per heavy atom. The fraction of sp³-hybridized carbons (Fsp3) is 0.429. The Morgan fingerprint density at radius 1 is 1.36 bits per heavy atom. The zero-order valence-electron chi connectivity index (χ0n) is 6.03. The minimum absolute atomic E-state index is 0. The SMILES string of the molecule is Cl.NC1(c2ccnnc2)CC1. The van der Waals surface area contributed by atoms with Gasteiger partial charge in [0.05, 0.1) is 6.20 Å². The van der Waals surface area contributed by atoms with Gasteiger partial charge in [0.1, 0.15) is 0 Å². The van der Waals surface area contributed by atoms with Crippen LogP contribution in [0.3, 0.4) is 0 Å². The maximum atomic E-state index is 5.90. The third-order valence-corrected chi connectivity index (χ3v) is 1.95. The average Bonchev–Trinajstić information content (AvgIpc) is 2.72. The summed E-state index contributed by atoms with van der Waals surface area (Å²) in [5.74, 6) is 0. The number of rotatable bonds is 1. The standard InChI is InChI=1S/C7H9N3.ClH/c8-7(2-3-7)6-1-4-9-10-5-6;/h1,4-5H,2-3,8H2;1H. The van der Waals surface area contributed by atoms with Gasteiger partial charge in [-0.3, -0.25) is 0 Å². The van der Waals surface area contributed by atoms with Crippen LogP contribution in [0.2, 0.25) is 0 Å². The second-order valence-electron chi connectivity index (χ2n) is 2.79. The first kappa shape index (κ1) is 8.43. The van der Waals surface area contributed by atoms with Gasteiger partial charge >= 0.3 is 0 Å². The molecule has 4 heteroatoms. The summed E-state index contributed by atoms with van der Waals surface area (Å²) < 4.78 is 0. The first-order valence-corrected chi connectivity index (χ1v) is 3.37. The minimum Gasteiger partial charge on any atom is -0.321 e. The summed E-state index contributed by atoms with van der Waals surface area (Å²) >= 11 is 0. The van der Waals surface area contributed by atoms with Crippen LogP contribution in [0, 0.1) is 0 Å². The van der Waals surface area contributed by atoms with Crippen molar-refractivity contribution < 1.29 is 0 Å². The molecule has 1 aliphatic carbocycles. The summed E-state index contributed by atoms with van der Waals surface area (Å²) in [6.07, 6.45) is 5.59. The highest BCUT2D eigenvalue weighted by atomic mass is 35.5. The Morgan fingerprint density at radius 3 is 2.55 bits per heavy atom. The van der Waals surface area contributed by atoms with Crippen molar-refractivity contribution in [2.24, 2.45) is 5.73 Å². The van der Waals surface area contributed by atoms with Gasteiger partial charge in [-0.15, -0.1) is 12.4 Å². The summed E-state index contributed by atoms with van der Waals surface area (Å²) in [5.41, 5.74) is 6.95. The quantitative estimate of drug-likeness (QED) is 0.682. The van der Waals surface area contributed by atoms with Gasteiger partial charge < -0.3 is 5.73 Å². The van der Waals surface area contributed by atoms with Gasteiger partial charge in [0.2, 0.25) is 0 Å². The Kier molecular flexibility index (Phi) is 2.11. The highest BCUT2D eigenvalue weighted by Crippen LogP contribution is 2.41. The van der Waals surface area contributed by atoms with E-state index >= 15 is 0 Å². The highest BCUT2D eigenvalue weighted by Gasteiger charge is 2.40. The highest BCUT2D eigenvalue weighted by molar-refractivity contribution is 5.85. The lowest BCUT2D eigenvalue weighted by atomic mass is 10.1. The van der Waals surface area contributed by atoms with Gasteiger partial charge in [-0.2, -0.15) is 10.2 Å². The smallest absolute Gasteiger partial charge is 0.0546 e.